The summed E-state index contributed by atoms with van der Waals surface area (Å²) in [6, 6.07) is 2.26. The standard InChI is InChI=1S/C19H16F5N3O2/c1-18(29-17(28)19(22,23)24,14-3-2-13(20)8-15(14)21)12-9-26-16(27-10-12)11-4-6-25-7-5-11/h2-4,8-10,25H,5-7H2,1H3/t18-/m1/s1. The highest BCUT2D eigenvalue weighted by molar-refractivity contribution is 5.76. The van der Waals surface area contributed by atoms with Gasteiger partial charge in [-0.05, 0) is 37.6 Å². The minimum absolute atomic E-state index is 0.0982. The van der Waals surface area contributed by atoms with Gasteiger partial charge < -0.3 is 10.1 Å². The molecule has 0 radical (unpaired) electrons. The Labute approximate surface area is 162 Å². The van der Waals surface area contributed by atoms with Gasteiger partial charge in [0.2, 0.25) is 0 Å². The van der Waals surface area contributed by atoms with E-state index in [4.69, 9.17) is 0 Å². The van der Waals surface area contributed by atoms with Gasteiger partial charge in [-0.25, -0.2) is 23.5 Å². The molecule has 0 fully saturated rings. The predicted molar refractivity (Wildman–Crippen MR) is 92.5 cm³/mol. The van der Waals surface area contributed by atoms with Crippen LogP contribution in [0, 0.1) is 11.6 Å². The third-order valence-electron chi connectivity index (χ3n) is 4.53. The lowest BCUT2D eigenvalue weighted by atomic mass is 9.89. The van der Waals surface area contributed by atoms with Gasteiger partial charge in [0.1, 0.15) is 11.6 Å². The van der Waals surface area contributed by atoms with Crippen LogP contribution in [0.15, 0.2) is 36.7 Å². The molecule has 0 unspecified atom stereocenters. The Hall–Kier alpha value is -2.88. The van der Waals surface area contributed by atoms with Crippen LogP contribution in [0.5, 0.6) is 0 Å². The van der Waals surface area contributed by atoms with E-state index in [0.717, 1.165) is 43.6 Å². The quantitative estimate of drug-likeness (QED) is 0.614. The summed E-state index contributed by atoms with van der Waals surface area (Å²) in [7, 11) is 0. The Balaban J connectivity index is 2.05. The van der Waals surface area contributed by atoms with Crippen LogP contribution in [0.1, 0.15) is 30.3 Å². The van der Waals surface area contributed by atoms with Gasteiger partial charge in [-0.2, -0.15) is 13.2 Å². The SMILES string of the molecule is C[C@@](OC(=O)C(F)(F)F)(c1cnc(C2=CCNCC2)nc1)c1ccc(F)cc1F. The number of benzene rings is 1. The molecule has 0 saturated carbocycles. The smallest absolute Gasteiger partial charge is 0.443 e. The lowest BCUT2D eigenvalue weighted by molar-refractivity contribution is -0.210. The molecule has 0 bridgehead atoms. The Morgan fingerprint density at radius 2 is 1.86 bits per heavy atom. The van der Waals surface area contributed by atoms with Gasteiger partial charge in [0.05, 0.1) is 0 Å². The molecular formula is C19H16F5N3O2. The summed E-state index contributed by atoms with van der Waals surface area (Å²) in [6.45, 7) is 2.41. The van der Waals surface area contributed by atoms with Gasteiger partial charge in [0, 0.05) is 36.1 Å². The highest BCUT2D eigenvalue weighted by Crippen LogP contribution is 2.37. The molecule has 1 N–H and O–H groups in total. The number of rotatable bonds is 4. The van der Waals surface area contributed by atoms with Gasteiger partial charge in [0.15, 0.2) is 11.4 Å². The maximum Gasteiger partial charge on any atom is 0.490 e. The molecule has 10 heteroatoms. The number of carbonyl (C=O) groups excluding carboxylic acids is 1. The van der Waals surface area contributed by atoms with Crippen molar-refractivity contribution in [3.63, 3.8) is 0 Å². The molecule has 0 spiro atoms. The molecule has 0 saturated heterocycles. The van der Waals surface area contributed by atoms with E-state index in [0.29, 0.717) is 24.9 Å². The first-order chi connectivity index (χ1) is 13.6. The molecule has 5 nitrogen and oxygen atoms in total. The third kappa shape index (κ3) is 4.42. The summed E-state index contributed by atoms with van der Waals surface area (Å²) in [4.78, 5) is 19.8. The molecule has 1 aliphatic rings. The maximum atomic E-state index is 14.4. The topological polar surface area (TPSA) is 64.1 Å². The average Bonchev–Trinajstić information content (AvgIpc) is 2.68. The largest absolute Gasteiger partial charge is 0.490 e. The number of nitrogens with zero attached hydrogens (tertiary/aromatic N) is 2. The molecule has 3 rings (SSSR count). The zero-order valence-corrected chi connectivity index (χ0v) is 15.2. The van der Waals surface area contributed by atoms with Crippen LogP contribution in [0.4, 0.5) is 22.0 Å². The van der Waals surface area contributed by atoms with E-state index >= 15 is 0 Å². The zero-order chi connectivity index (χ0) is 21.2. The van der Waals surface area contributed by atoms with E-state index in [9.17, 15) is 26.7 Å². The van der Waals surface area contributed by atoms with Crippen LogP contribution < -0.4 is 5.32 Å². The molecule has 1 aromatic heterocycles. The second-order valence-electron chi connectivity index (χ2n) is 6.52. The van der Waals surface area contributed by atoms with Crippen LogP contribution in [0.2, 0.25) is 0 Å². The fraction of sp³-hybridized carbons (Fsp3) is 0.316. The molecule has 1 atom stereocenters. The summed E-state index contributed by atoms with van der Waals surface area (Å²) in [6.07, 6.45) is -0.443. The van der Waals surface area contributed by atoms with E-state index in [-0.39, 0.29) is 5.56 Å². The van der Waals surface area contributed by atoms with E-state index in [1.807, 2.05) is 6.08 Å². The van der Waals surface area contributed by atoms with Crippen LogP contribution in [0.3, 0.4) is 0 Å². The number of halogens is 5. The number of ether oxygens (including phenoxy) is 1. The minimum Gasteiger partial charge on any atom is -0.443 e. The molecule has 0 aliphatic carbocycles. The second kappa shape index (κ2) is 7.86. The monoisotopic (exact) mass is 413 g/mol. The van der Waals surface area contributed by atoms with Gasteiger partial charge >= 0.3 is 12.1 Å². The summed E-state index contributed by atoms with van der Waals surface area (Å²) in [5.41, 5.74) is -1.95. The second-order valence-corrected chi connectivity index (χ2v) is 6.52. The Morgan fingerprint density at radius 3 is 2.41 bits per heavy atom. The highest BCUT2D eigenvalue weighted by Gasteiger charge is 2.47. The van der Waals surface area contributed by atoms with Gasteiger partial charge in [-0.15, -0.1) is 0 Å². The van der Waals surface area contributed by atoms with Crippen LogP contribution in [-0.4, -0.2) is 35.2 Å². The van der Waals surface area contributed by atoms with E-state index in [2.05, 4.69) is 20.0 Å². The lowest BCUT2D eigenvalue weighted by Crippen LogP contribution is -2.37. The van der Waals surface area contributed by atoms with Crippen molar-refractivity contribution in [1.29, 1.82) is 0 Å². The van der Waals surface area contributed by atoms with Crippen molar-refractivity contribution in [1.82, 2.24) is 15.3 Å². The lowest BCUT2D eigenvalue weighted by Gasteiger charge is -2.30. The summed E-state index contributed by atoms with van der Waals surface area (Å²) in [5.74, 6) is -4.26. The van der Waals surface area contributed by atoms with E-state index < -0.39 is 34.9 Å². The number of carbonyl (C=O) groups is 1. The highest BCUT2D eigenvalue weighted by atomic mass is 19.4. The normalized spacial score (nSPS) is 16.7. The maximum absolute atomic E-state index is 14.4. The van der Waals surface area contributed by atoms with Crippen molar-refractivity contribution >= 4 is 11.5 Å². The van der Waals surface area contributed by atoms with Crippen molar-refractivity contribution in [3.8, 4) is 0 Å². The Bertz CT molecular complexity index is 944. The summed E-state index contributed by atoms with van der Waals surface area (Å²) < 4.78 is 70.7. The van der Waals surface area contributed by atoms with Crippen molar-refractivity contribution in [2.75, 3.05) is 13.1 Å². The Kier molecular flexibility index (Phi) is 5.65. The number of aromatic nitrogens is 2. The Morgan fingerprint density at radius 1 is 1.17 bits per heavy atom. The van der Waals surface area contributed by atoms with Gasteiger partial charge in [-0.1, -0.05) is 6.08 Å². The predicted octanol–water partition coefficient (Wildman–Crippen LogP) is 3.50. The van der Waals surface area contributed by atoms with Crippen LogP contribution in [0.25, 0.3) is 5.57 Å². The first kappa shape index (κ1) is 20.8. The van der Waals surface area contributed by atoms with Gasteiger partial charge in [0.25, 0.3) is 0 Å². The average molecular weight is 413 g/mol. The molecule has 2 aromatic rings. The number of hydrogen-bond acceptors (Lipinski definition) is 5. The van der Waals surface area contributed by atoms with Crippen molar-refractivity contribution < 1.29 is 31.5 Å². The third-order valence-corrected chi connectivity index (χ3v) is 4.53. The van der Waals surface area contributed by atoms with Crippen LogP contribution >= 0.6 is 0 Å². The minimum atomic E-state index is -5.31. The molecule has 154 valence electrons. The van der Waals surface area contributed by atoms with E-state index in [1.165, 1.54) is 0 Å². The molecule has 2 heterocycles. The molecule has 1 aliphatic heterocycles. The fourth-order valence-electron chi connectivity index (χ4n) is 2.95. The van der Waals surface area contributed by atoms with Crippen molar-refractivity contribution in [2.24, 2.45) is 0 Å². The van der Waals surface area contributed by atoms with Gasteiger partial charge in [-0.3, -0.25) is 0 Å². The molecular weight excluding hydrogens is 397 g/mol. The molecule has 29 heavy (non-hydrogen) atoms. The van der Waals surface area contributed by atoms with E-state index in [1.54, 1.807) is 0 Å². The number of nitrogens with one attached hydrogen (secondary N) is 1. The van der Waals surface area contributed by atoms with Crippen LogP contribution in [-0.2, 0) is 15.1 Å². The summed E-state index contributed by atoms with van der Waals surface area (Å²) >= 11 is 0. The zero-order valence-electron chi connectivity index (χ0n) is 15.2. The molecule has 1 aromatic carbocycles. The first-order valence-electron chi connectivity index (χ1n) is 8.59. The number of hydrogen-bond donors (Lipinski definition) is 1. The molecule has 0 amide bonds. The fourth-order valence-corrected chi connectivity index (χ4v) is 2.95. The first-order valence-corrected chi connectivity index (χ1v) is 8.59. The number of alkyl halides is 3. The van der Waals surface area contributed by atoms with Crippen molar-refractivity contribution in [3.05, 3.63) is 65.3 Å². The van der Waals surface area contributed by atoms with Crippen molar-refractivity contribution in [2.45, 2.75) is 25.1 Å². The summed E-state index contributed by atoms with van der Waals surface area (Å²) in [5, 5.41) is 3.12. The number of esters is 1.